The molecule has 1 atom stereocenters. The van der Waals surface area contributed by atoms with Gasteiger partial charge in [0.05, 0.1) is 17.9 Å². The summed E-state index contributed by atoms with van der Waals surface area (Å²) in [6.07, 6.45) is 0. The minimum atomic E-state index is -3.72. The van der Waals surface area contributed by atoms with Crippen molar-refractivity contribution in [2.24, 2.45) is 0 Å². The Kier molecular flexibility index (Phi) is 6.86. The van der Waals surface area contributed by atoms with Gasteiger partial charge in [0.1, 0.15) is 19.0 Å². The highest BCUT2D eigenvalue weighted by atomic mass is 35.5. The van der Waals surface area contributed by atoms with Gasteiger partial charge in [0, 0.05) is 49.4 Å². The molecule has 0 saturated heterocycles. The van der Waals surface area contributed by atoms with E-state index in [0.717, 1.165) is 16.7 Å². The number of likely N-dealkylation sites (N-methyl/N-ethyl adjacent to an activating group) is 1. The van der Waals surface area contributed by atoms with Crippen LogP contribution >= 0.6 is 11.6 Å². The van der Waals surface area contributed by atoms with Crippen molar-refractivity contribution in [1.29, 1.82) is 0 Å². The molecule has 1 N–H and O–H groups in total. The van der Waals surface area contributed by atoms with E-state index < -0.39 is 15.9 Å². The predicted molar refractivity (Wildman–Crippen MR) is 134 cm³/mol. The maximum Gasteiger partial charge on any atom is 0.243 e. The zero-order valence-electron chi connectivity index (χ0n) is 20.1. The molecule has 0 fully saturated rings. The van der Waals surface area contributed by atoms with E-state index in [2.05, 4.69) is 5.32 Å². The molecular formula is C25H28ClN3O6S. The van der Waals surface area contributed by atoms with Crippen LogP contribution in [0.15, 0.2) is 52.4 Å². The Morgan fingerprint density at radius 1 is 1.06 bits per heavy atom. The van der Waals surface area contributed by atoms with Gasteiger partial charge in [0.2, 0.25) is 15.9 Å². The maximum absolute atomic E-state index is 13.6. The van der Waals surface area contributed by atoms with Crippen molar-refractivity contribution < 1.29 is 27.4 Å². The van der Waals surface area contributed by atoms with Gasteiger partial charge in [-0.05, 0) is 48.5 Å². The Labute approximate surface area is 215 Å². The summed E-state index contributed by atoms with van der Waals surface area (Å²) in [6, 6.07) is 9.95. The highest BCUT2D eigenvalue weighted by Gasteiger charge is 2.39. The second-order valence-electron chi connectivity index (χ2n) is 8.98. The number of carbonyl (C=O) groups excluding carboxylic acids is 1. The lowest BCUT2D eigenvalue weighted by Gasteiger charge is -2.27. The molecule has 0 aromatic heterocycles. The molecule has 3 aliphatic heterocycles. The summed E-state index contributed by atoms with van der Waals surface area (Å²) in [5.74, 6) is 1.04. The van der Waals surface area contributed by atoms with Crippen LogP contribution in [0.5, 0.6) is 17.2 Å². The smallest absolute Gasteiger partial charge is 0.243 e. The minimum Gasteiger partial charge on any atom is -0.496 e. The molecule has 2 aromatic carbocycles. The van der Waals surface area contributed by atoms with Gasteiger partial charge >= 0.3 is 0 Å². The molecule has 3 aliphatic rings. The van der Waals surface area contributed by atoms with Gasteiger partial charge in [-0.15, -0.1) is 0 Å². The lowest BCUT2D eigenvalue weighted by atomic mass is 9.96. The number of amides is 1. The molecule has 0 spiro atoms. The first-order valence-electron chi connectivity index (χ1n) is 11.7. The molecule has 11 heteroatoms. The van der Waals surface area contributed by atoms with Crippen LogP contribution in [0, 0.1) is 0 Å². The van der Waals surface area contributed by atoms with Gasteiger partial charge in [-0.25, -0.2) is 8.42 Å². The molecule has 1 unspecified atom stereocenters. The third-order valence-electron chi connectivity index (χ3n) is 6.73. The van der Waals surface area contributed by atoms with Gasteiger partial charge in [-0.2, -0.15) is 4.31 Å². The number of sulfonamides is 1. The molecule has 0 saturated carbocycles. The number of methoxy groups -OCH3 is 1. The Morgan fingerprint density at radius 2 is 1.75 bits per heavy atom. The second-order valence-corrected chi connectivity index (χ2v) is 11.4. The van der Waals surface area contributed by atoms with Crippen molar-refractivity contribution in [2.45, 2.75) is 10.8 Å². The first-order chi connectivity index (χ1) is 17.3. The number of nitrogens with zero attached hydrogens (tertiary/aromatic N) is 2. The molecule has 0 aliphatic carbocycles. The number of fused-ring (bicyclic) bond motifs is 1. The largest absolute Gasteiger partial charge is 0.496 e. The Balaban J connectivity index is 1.29. The third kappa shape index (κ3) is 4.54. The average Bonchev–Trinajstić information content (AvgIpc) is 3.47. The lowest BCUT2D eigenvalue weighted by Crippen LogP contribution is -2.40. The number of ether oxygens (including phenoxy) is 3. The van der Waals surface area contributed by atoms with E-state index in [9.17, 15) is 13.2 Å². The quantitative estimate of drug-likeness (QED) is 0.545. The van der Waals surface area contributed by atoms with Crippen LogP contribution in [0.4, 0.5) is 0 Å². The van der Waals surface area contributed by atoms with Gasteiger partial charge in [0.15, 0.2) is 11.5 Å². The van der Waals surface area contributed by atoms with Gasteiger partial charge in [-0.1, -0.05) is 11.6 Å². The van der Waals surface area contributed by atoms with Crippen molar-refractivity contribution in [1.82, 2.24) is 14.5 Å². The third-order valence-corrected chi connectivity index (χ3v) is 8.76. The number of rotatable bonds is 7. The SMILES string of the molecule is CNCC(C(=O)N1CC2=C(C1)CN(S(=O)(=O)c1ccc3c(c1)OCCO3)C2)c1cc(Cl)ccc1OC. The fourth-order valence-electron chi connectivity index (χ4n) is 4.94. The predicted octanol–water partition coefficient (Wildman–Crippen LogP) is 2.27. The standard InChI is InChI=1S/C25H28ClN3O6S/c1-27-11-21(20-9-18(26)3-5-22(20)33-2)25(30)28-12-16-14-29(15-17(16)13-28)36(31,32)19-4-6-23-24(10-19)35-8-7-34-23/h3-6,9-10,21,27H,7-8,11-15H2,1-2H3. The number of halogens is 1. The summed E-state index contributed by atoms with van der Waals surface area (Å²) in [4.78, 5) is 15.5. The molecule has 36 heavy (non-hydrogen) atoms. The Hall–Kier alpha value is -2.79. The molecule has 0 radical (unpaired) electrons. The Bertz CT molecular complexity index is 1310. The molecule has 5 rings (SSSR count). The summed E-state index contributed by atoms with van der Waals surface area (Å²) in [6.45, 7) is 2.54. The lowest BCUT2D eigenvalue weighted by molar-refractivity contribution is -0.131. The van der Waals surface area contributed by atoms with Crippen molar-refractivity contribution in [3.05, 3.63) is 58.1 Å². The van der Waals surface area contributed by atoms with Crippen LogP contribution in [0.25, 0.3) is 0 Å². The number of benzene rings is 2. The van der Waals surface area contributed by atoms with E-state index in [4.69, 9.17) is 25.8 Å². The summed E-state index contributed by atoms with van der Waals surface area (Å²) < 4.78 is 44.7. The summed E-state index contributed by atoms with van der Waals surface area (Å²) in [5, 5.41) is 3.62. The second kappa shape index (κ2) is 9.93. The van der Waals surface area contributed by atoms with Crippen LogP contribution in [0.1, 0.15) is 11.5 Å². The van der Waals surface area contributed by atoms with Gasteiger partial charge in [0.25, 0.3) is 0 Å². The molecule has 0 bridgehead atoms. The number of hydrogen-bond acceptors (Lipinski definition) is 7. The highest BCUT2D eigenvalue weighted by Crippen LogP contribution is 2.37. The van der Waals surface area contributed by atoms with Crippen molar-refractivity contribution >= 4 is 27.5 Å². The van der Waals surface area contributed by atoms with E-state index in [0.29, 0.717) is 55.1 Å². The Morgan fingerprint density at radius 3 is 2.42 bits per heavy atom. The van der Waals surface area contributed by atoms with Crippen LogP contribution in [0.2, 0.25) is 5.02 Å². The van der Waals surface area contributed by atoms with Crippen LogP contribution in [0.3, 0.4) is 0 Å². The van der Waals surface area contributed by atoms with Gasteiger partial charge in [-0.3, -0.25) is 4.79 Å². The molecule has 2 aromatic rings. The van der Waals surface area contributed by atoms with E-state index in [1.165, 1.54) is 10.4 Å². The van der Waals surface area contributed by atoms with Crippen LogP contribution in [-0.4, -0.2) is 83.6 Å². The van der Waals surface area contributed by atoms with Crippen molar-refractivity contribution in [2.75, 3.05) is 60.1 Å². The number of carbonyl (C=O) groups is 1. The average molecular weight is 534 g/mol. The van der Waals surface area contributed by atoms with E-state index >= 15 is 0 Å². The molecule has 1 amide bonds. The van der Waals surface area contributed by atoms with Gasteiger partial charge < -0.3 is 24.4 Å². The molecule has 3 heterocycles. The minimum absolute atomic E-state index is 0.0550. The fourth-order valence-corrected chi connectivity index (χ4v) is 6.56. The number of hydrogen-bond donors (Lipinski definition) is 1. The highest BCUT2D eigenvalue weighted by molar-refractivity contribution is 7.89. The first-order valence-corrected chi connectivity index (χ1v) is 13.5. The maximum atomic E-state index is 13.6. The summed E-state index contributed by atoms with van der Waals surface area (Å²) in [5.41, 5.74) is 2.65. The van der Waals surface area contributed by atoms with E-state index in [1.807, 2.05) is 0 Å². The molecular weight excluding hydrogens is 506 g/mol. The summed E-state index contributed by atoms with van der Waals surface area (Å²) in [7, 11) is -0.365. The van der Waals surface area contributed by atoms with Crippen molar-refractivity contribution in [3.63, 3.8) is 0 Å². The van der Waals surface area contributed by atoms with Crippen LogP contribution in [-0.2, 0) is 14.8 Å². The topological polar surface area (TPSA) is 97.4 Å². The first kappa shape index (κ1) is 24.9. The monoisotopic (exact) mass is 533 g/mol. The van der Waals surface area contributed by atoms with Crippen molar-refractivity contribution in [3.8, 4) is 17.2 Å². The van der Waals surface area contributed by atoms with Crippen LogP contribution < -0.4 is 19.5 Å². The van der Waals surface area contributed by atoms with E-state index in [1.54, 1.807) is 49.4 Å². The van der Waals surface area contributed by atoms with E-state index in [-0.39, 0.29) is 23.9 Å². The molecule has 9 nitrogen and oxygen atoms in total. The summed E-state index contributed by atoms with van der Waals surface area (Å²) >= 11 is 6.22. The normalized spacial score (nSPS) is 18.4. The fraction of sp³-hybridized carbons (Fsp3) is 0.400. The zero-order chi connectivity index (χ0) is 25.4. The zero-order valence-corrected chi connectivity index (χ0v) is 21.7. The number of nitrogens with one attached hydrogen (secondary N) is 1. The molecule has 192 valence electrons.